The van der Waals surface area contributed by atoms with Crippen molar-refractivity contribution in [2.45, 2.75) is 27.2 Å². The third kappa shape index (κ3) is 4.87. The van der Waals surface area contributed by atoms with Crippen molar-refractivity contribution < 1.29 is 14.3 Å². The molecule has 6 nitrogen and oxygen atoms in total. The van der Waals surface area contributed by atoms with Crippen LogP contribution in [0.25, 0.3) is 16.8 Å². The van der Waals surface area contributed by atoms with E-state index in [2.05, 4.69) is 5.32 Å². The van der Waals surface area contributed by atoms with Crippen molar-refractivity contribution in [2.24, 2.45) is 0 Å². The molecule has 0 aliphatic carbocycles. The molecule has 0 aliphatic rings. The van der Waals surface area contributed by atoms with Crippen molar-refractivity contribution in [3.63, 3.8) is 0 Å². The van der Waals surface area contributed by atoms with Gasteiger partial charge in [0.2, 0.25) is 5.88 Å². The standard InChI is InChI=1S/C27H24ClN3O3/c1-4-24-25(27(34-18(3)32)31(30-24)21-15-9-17(2)10-16-21)19-11-13-20(14-12-19)29-26(33)22-7-5-6-8-23(22)28/h5-16H,4H2,1-3H3,(H,29,33). The summed E-state index contributed by atoms with van der Waals surface area (Å²) < 4.78 is 7.30. The van der Waals surface area contributed by atoms with Crippen molar-refractivity contribution in [3.05, 3.63) is 94.6 Å². The van der Waals surface area contributed by atoms with E-state index in [9.17, 15) is 9.59 Å². The first-order valence-electron chi connectivity index (χ1n) is 10.9. The molecule has 1 heterocycles. The maximum atomic E-state index is 12.6. The molecule has 4 rings (SSSR count). The Hall–Kier alpha value is -3.90. The van der Waals surface area contributed by atoms with Gasteiger partial charge in [-0.15, -0.1) is 0 Å². The highest BCUT2D eigenvalue weighted by Crippen LogP contribution is 2.36. The normalized spacial score (nSPS) is 10.7. The van der Waals surface area contributed by atoms with E-state index >= 15 is 0 Å². The van der Waals surface area contributed by atoms with Crippen LogP contribution in [0.4, 0.5) is 5.69 Å². The third-order valence-corrected chi connectivity index (χ3v) is 5.65. The molecule has 0 bridgehead atoms. The van der Waals surface area contributed by atoms with Gasteiger partial charge in [0.1, 0.15) is 0 Å². The Bertz CT molecular complexity index is 1340. The van der Waals surface area contributed by atoms with Gasteiger partial charge in [-0.25, -0.2) is 0 Å². The molecule has 34 heavy (non-hydrogen) atoms. The molecular weight excluding hydrogens is 450 g/mol. The molecule has 0 saturated carbocycles. The molecule has 1 aromatic heterocycles. The predicted octanol–water partition coefficient (Wildman–Crippen LogP) is 6.24. The van der Waals surface area contributed by atoms with Gasteiger partial charge in [-0.3, -0.25) is 9.59 Å². The van der Waals surface area contributed by atoms with Crippen molar-refractivity contribution in [1.82, 2.24) is 9.78 Å². The Morgan fingerprint density at radius 2 is 1.68 bits per heavy atom. The van der Waals surface area contributed by atoms with Gasteiger partial charge in [0.05, 0.1) is 27.5 Å². The first-order valence-corrected chi connectivity index (χ1v) is 11.3. The summed E-state index contributed by atoms with van der Waals surface area (Å²) in [7, 11) is 0. The number of carbonyl (C=O) groups excluding carboxylic acids is 2. The molecule has 0 fully saturated rings. The van der Waals surface area contributed by atoms with Gasteiger partial charge in [-0.2, -0.15) is 9.78 Å². The van der Waals surface area contributed by atoms with Gasteiger partial charge in [-0.1, -0.05) is 60.5 Å². The summed E-state index contributed by atoms with van der Waals surface area (Å²) >= 11 is 6.13. The number of halogens is 1. The lowest BCUT2D eigenvalue weighted by atomic mass is 10.0. The Kier molecular flexibility index (Phi) is 6.80. The van der Waals surface area contributed by atoms with Crippen LogP contribution in [0.15, 0.2) is 72.8 Å². The van der Waals surface area contributed by atoms with Gasteiger partial charge in [0.25, 0.3) is 5.91 Å². The van der Waals surface area contributed by atoms with Crippen molar-refractivity contribution in [1.29, 1.82) is 0 Å². The lowest BCUT2D eigenvalue weighted by molar-refractivity contribution is -0.132. The largest absolute Gasteiger partial charge is 0.407 e. The lowest BCUT2D eigenvalue weighted by Crippen LogP contribution is -2.12. The van der Waals surface area contributed by atoms with Crippen LogP contribution in [0.2, 0.25) is 5.02 Å². The number of ether oxygens (including phenoxy) is 1. The van der Waals surface area contributed by atoms with Gasteiger partial charge < -0.3 is 10.1 Å². The second-order valence-electron chi connectivity index (χ2n) is 7.83. The van der Waals surface area contributed by atoms with Crippen LogP contribution in [0, 0.1) is 6.92 Å². The molecule has 3 aromatic carbocycles. The van der Waals surface area contributed by atoms with Gasteiger partial charge >= 0.3 is 5.97 Å². The number of benzene rings is 3. The summed E-state index contributed by atoms with van der Waals surface area (Å²) in [4.78, 5) is 24.5. The zero-order valence-electron chi connectivity index (χ0n) is 19.1. The van der Waals surface area contributed by atoms with Crippen molar-refractivity contribution in [3.8, 4) is 22.7 Å². The summed E-state index contributed by atoms with van der Waals surface area (Å²) in [6.45, 7) is 5.38. The van der Waals surface area contributed by atoms with Crippen LogP contribution in [0.1, 0.15) is 35.5 Å². The topological polar surface area (TPSA) is 73.2 Å². The van der Waals surface area contributed by atoms with Gasteiger partial charge in [-0.05, 0) is 55.3 Å². The van der Waals surface area contributed by atoms with E-state index in [1.165, 1.54) is 6.92 Å². The van der Waals surface area contributed by atoms with E-state index in [1.54, 1.807) is 41.1 Å². The monoisotopic (exact) mass is 473 g/mol. The molecule has 0 radical (unpaired) electrons. The quantitative estimate of drug-likeness (QED) is 0.336. The molecule has 0 spiro atoms. The number of nitrogens with one attached hydrogen (secondary N) is 1. The Morgan fingerprint density at radius 3 is 2.29 bits per heavy atom. The Morgan fingerprint density at radius 1 is 1.00 bits per heavy atom. The molecular formula is C27H24ClN3O3. The smallest absolute Gasteiger partial charge is 0.309 e. The second-order valence-corrected chi connectivity index (χ2v) is 8.24. The van der Waals surface area contributed by atoms with Gasteiger partial charge in [0, 0.05) is 12.6 Å². The number of hydrogen-bond acceptors (Lipinski definition) is 4. The molecule has 172 valence electrons. The fraction of sp³-hybridized carbons (Fsp3) is 0.148. The number of carbonyl (C=O) groups is 2. The summed E-state index contributed by atoms with van der Waals surface area (Å²) in [5.41, 5.74) is 5.29. The summed E-state index contributed by atoms with van der Waals surface area (Å²) in [5, 5.41) is 7.98. The minimum Gasteiger partial charge on any atom is -0.407 e. The number of rotatable bonds is 6. The molecule has 0 unspecified atom stereocenters. The fourth-order valence-electron chi connectivity index (χ4n) is 3.64. The van der Waals surface area contributed by atoms with Crippen LogP contribution >= 0.6 is 11.6 Å². The Labute approximate surface area is 203 Å². The summed E-state index contributed by atoms with van der Waals surface area (Å²) in [6, 6.07) is 22.0. The molecule has 1 N–H and O–H groups in total. The predicted molar refractivity (Wildman–Crippen MR) is 134 cm³/mol. The lowest BCUT2D eigenvalue weighted by Gasteiger charge is -2.11. The number of aromatic nitrogens is 2. The summed E-state index contributed by atoms with van der Waals surface area (Å²) in [6.07, 6.45) is 0.646. The number of esters is 1. The second kappa shape index (κ2) is 9.93. The Balaban J connectivity index is 1.70. The molecule has 4 aromatic rings. The number of aryl methyl sites for hydroxylation is 2. The van der Waals surface area contributed by atoms with E-state index < -0.39 is 5.97 Å². The van der Waals surface area contributed by atoms with Crippen molar-refractivity contribution >= 4 is 29.2 Å². The fourth-order valence-corrected chi connectivity index (χ4v) is 3.86. The van der Waals surface area contributed by atoms with E-state index in [-0.39, 0.29) is 5.91 Å². The van der Waals surface area contributed by atoms with E-state index in [1.807, 2.05) is 50.2 Å². The van der Waals surface area contributed by atoms with Gasteiger partial charge in [0.15, 0.2) is 0 Å². The molecule has 7 heteroatoms. The molecule has 0 atom stereocenters. The average molecular weight is 474 g/mol. The van der Waals surface area contributed by atoms with Crippen LogP contribution in [0.3, 0.4) is 0 Å². The molecule has 0 aliphatic heterocycles. The number of amides is 1. The summed E-state index contributed by atoms with van der Waals surface area (Å²) in [5.74, 6) is -0.359. The first-order chi connectivity index (χ1) is 16.4. The number of anilines is 1. The van der Waals surface area contributed by atoms with Crippen LogP contribution in [0.5, 0.6) is 5.88 Å². The maximum absolute atomic E-state index is 12.6. The maximum Gasteiger partial charge on any atom is 0.309 e. The number of hydrogen-bond donors (Lipinski definition) is 1. The minimum absolute atomic E-state index is 0.291. The average Bonchev–Trinajstić information content (AvgIpc) is 3.18. The van der Waals surface area contributed by atoms with Crippen LogP contribution in [-0.2, 0) is 11.2 Å². The van der Waals surface area contributed by atoms with E-state index in [4.69, 9.17) is 21.4 Å². The third-order valence-electron chi connectivity index (χ3n) is 5.32. The van der Waals surface area contributed by atoms with Crippen molar-refractivity contribution in [2.75, 3.05) is 5.32 Å². The van der Waals surface area contributed by atoms with Crippen LogP contribution in [-0.4, -0.2) is 21.7 Å². The zero-order chi connectivity index (χ0) is 24.2. The van der Waals surface area contributed by atoms with E-state index in [0.717, 1.165) is 28.1 Å². The zero-order valence-corrected chi connectivity index (χ0v) is 19.9. The first kappa shape index (κ1) is 23.3. The number of nitrogens with zero attached hydrogens (tertiary/aromatic N) is 2. The molecule has 1 amide bonds. The molecule has 0 saturated heterocycles. The van der Waals surface area contributed by atoms with Crippen LogP contribution < -0.4 is 10.1 Å². The van der Waals surface area contributed by atoms with E-state index in [0.29, 0.717) is 28.6 Å². The SMILES string of the molecule is CCc1nn(-c2ccc(C)cc2)c(OC(C)=O)c1-c1ccc(NC(=O)c2ccccc2Cl)cc1. The highest BCUT2D eigenvalue weighted by atomic mass is 35.5. The highest BCUT2D eigenvalue weighted by molar-refractivity contribution is 6.34. The highest BCUT2D eigenvalue weighted by Gasteiger charge is 2.22. The minimum atomic E-state index is -0.430.